The fraction of sp³-hybridized carbons (Fsp3) is 0.0769. The number of nitrogens with two attached hydrogens (primary N) is 2. The van der Waals surface area contributed by atoms with E-state index in [1.807, 2.05) is 57.9 Å². The predicted octanol–water partition coefficient (Wildman–Crippen LogP) is 5.40. The van der Waals surface area contributed by atoms with Gasteiger partial charge >= 0.3 is 0 Å². The molecule has 2 aliphatic heterocycles. The van der Waals surface area contributed by atoms with Gasteiger partial charge in [0.2, 0.25) is 11.8 Å². The van der Waals surface area contributed by atoms with Crippen molar-refractivity contribution in [3.63, 3.8) is 0 Å². The van der Waals surface area contributed by atoms with E-state index < -0.39 is 11.8 Å². The molecule has 0 aliphatic carbocycles. The lowest BCUT2D eigenvalue weighted by Crippen LogP contribution is -2.26. The Morgan fingerprint density at radius 1 is 0.706 bits per heavy atom. The Hall–Kier alpha value is -4.24. The van der Waals surface area contributed by atoms with Gasteiger partial charge in [0.05, 0.1) is 11.8 Å². The van der Waals surface area contributed by atoms with Crippen LogP contribution in [0.4, 0.5) is 0 Å². The molecule has 6 nitrogen and oxygen atoms in total. The number of hydrogen-bond donors (Lipinski definition) is 2. The maximum Gasteiger partial charge on any atom is 0.205 e. The van der Waals surface area contributed by atoms with Crippen LogP contribution in [0.3, 0.4) is 0 Å². The van der Waals surface area contributed by atoms with Crippen molar-refractivity contribution in [3.05, 3.63) is 103 Å². The van der Waals surface area contributed by atoms with Crippen LogP contribution in [0.15, 0.2) is 80.8 Å². The van der Waals surface area contributed by atoms with Crippen molar-refractivity contribution < 1.29 is 9.47 Å². The minimum atomic E-state index is -0.416. The van der Waals surface area contributed by atoms with E-state index in [1.54, 1.807) is 22.7 Å². The third-order valence-electron chi connectivity index (χ3n) is 6.31. The number of nitrogens with zero attached hydrogens (tertiary/aromatic N) is 2. The van der Waals surface area contributed by atoms with Crippen molar-refractivity contribution >= 4 is 33.4 Å². The number of fused-ring (bicyclic) bond motifs is 6. The molecule has 2 atom stereocenters. The Kier molecular flexibility index (Phi) is 4.59. The molecular weight excluding hydrogens is 464 g/mol. The summed E-state index contributed by atoms with van der Waals surface area (Å²) in [6, 6.07) is 16.4. The molecule has 0 saturated carbocycles. The zero-order chi connectivity index (χ0) is 23.4. The Labute approximate surface area is 203 Å². The number of hydrogen-bond acceptors (Lipinski definition) is 8. The second-order valence-electron chi connectivity index (χ2n) is 7.99. The van der Waals surface area contributed by atoms with Crippen LogP contribution in [-0.2, 0) is 0 Å². The number of nitriles is 2. The molecule has 2 aliphatic rings. The zero-order valence-corrected chi connectivity index (χ0v) is 19.2. The van der Waals surface area contributed by atoms with Crippen LogP contribution >= 0.6 is 22.7 Å². The number of ether oxygens (including phenoxy) is 2. The second kappa shape index (κ2) is 7.67. The van der Waals surface area contributed by atoms with Crippen molar-refractivity contribution in [2.24, 2.45) is 11.5 Å². The molecule has 2 aromatic carbocycles. The van der Waals surface area contributed by atoms with Crippen molar-refractivity contribution in [2.45, 2.75) is 11.8 Å². The lowest BCUT2D eigenvalue weighted by molar-refractivity contribution is 0.337. The molecule has 0 bridgehead atoms. The highest BCUT2D eigenvalue weighted by Gasteiger charge is 2.41. The summed E-state index contributed by atoms with van der Waals surface area (Å²) in [7, 11) is 0. The fourth-order valence-corrected chi connectivity index (χ4v) is 6.28. The number of benzene rings is 2. The molecule has 0 unspecified atom stereocenters. The quantitative estimate of drug-likeness (QED) is 0.397. The lowest BCUT2D eigenvalue weighted by Gasteiger charge is -2.34. The van der Waals surface area contributed by atoms with Crippen molar-refractivity contribution in [1.82, 2.24) is 0 Å². The lowest BCUT2D eigenvalue weighted by atomic mass is 9.76. The van der Waals surface area contributed by atoms with E-state index in [1.165, 1.54) is 0 Å². The van der Waals surface area contributed by atoms with Gasteiger partial charge in [-0.05, 0) is 55.6 Å². The van der Waals surface area contributed by atoms with Crippen LogP contribution in [0.5, 0.6) is 11.5 Å². The van der Waals surface area contributed by atoms with E-state index in [2.05, 4.69) is 12.1 Å². The summed E-state index contributed by atoms with van der Waals surface area (Å²) in [4.78, 5) is 0. The van der Waals surface area contributed by atoms with Gasteiger partial charge < -0.3 is 20.9 Å². The van der Waals surface area contributed by atoms with Gasteiger partial charge in [-0.3, -0.25) is 0 Å². The van der Waals surface area contributed by atoms with Crippen LogP contribution in [0.1, 0.15) is 34.1 Å². The average Bonchev–Trinajstić information content (AvgIpc) is 3.57. The first-order chi connectivity index (χ1) is 16.6. The highest BCUT2D eigenvalue weighted by atomic mass is 32.1. The van der Waals surface area contributed by atoms with E-state index in [4.69, 9.17) is 20.9 Å². The minimum absolute atomic E-state index is 0.0352. The van der Waals surface area contributed by atoms with Crippen LogP contribution in [0, 0.1) is 22.7 Å². The summed E-state index contributed by atoms with van der Waals surface area (Å²) < 4.78 is 12.2. The topological polar surface area (TPSA) is 118 Å². The molecule has 0 radical (unpaired) electrons. The summed E-state index contributed by atoms with van der Waals surface area (Å²) in [5, 5.41) is 29.8. The van der Waals surface area contributed by atoms with Gasteiger partial charge in [-0.25, -0.2) is 0 Å². The molecule has 8 heteroatoms. The minimum Gasteiger partial charge on any atom is -0.436 e. The normalized spacial score (nSPS) is 19.0. The largest absolute Gasteiger partial charge is 0.436 e. The third-order valence-corrected chi connectivity index (χ3v) is 7.71. The molecule has 2 aromatic heterocycles. The molecule has 4 aromatic rings. The maximum atomic E-state index is 9.98. The molecule has 4 heterocycles. The van der Waals surface area contributed by atoms with E-state index in [9.17, 15) is 10.5 Å². The Morgan fingerprint density at radius 3 is 1.50 bits per heavy atom. The predicted molar refractivity (Wildman–Crippen MR) is 131 cm³/mol. The molecule has 0 saturated heterocycles. The Balaban J connectivity index is 1.76. The highest BCUT2D eigenvalue weighted by Crippen LogP contribution is 2.57. The summed E-state index contributed by atoms with van der Waals surface area (Å²) >= 11 is 3.10. The molecule has 34 heavy (non-hydrogen) atoms. The first kappa shape index (κ1) is 20.4. The summed E-state index contributed by atoms with van der Waals surface area (Å²) in [5.41, 5.74) is 16.8. The fourth-order valence-electron chi connectivity index (χ4n) is 4.91. The van der Waals surface area contributed by atoms with Crippen LogP contribution in [0.25, 0.3) is 10.8 Å². The zero-order valence-electron chi connectivity index (χ0n) is 17.6. The number of rotatable bonds is 2. The Morgan fingerprint density at radius 2 is 1.15 bits per heavy atom. The first-order valence-electron chi connectivity index (χ1n) is 10.4. The van der Waals surface area contributed by atoms with Crippen LogP contribution in [0.2, 0.25) is 0 Å². The van der Waals surface area contributed by atoms with E-state index in [-0.39, 0.29) is 11.8 Å². The van der Waals surface area contributed by atoms with Crippen molar-refractivity contribution in [1.29, 1.82) is 10.5 Å². The molecule has 6 rings (SSSR count). The molecule has 0 spiro atoms. The van der Waals surface area contributed by atoms with Gasteiger partial charge in [0, 0.05) is 11.1 Å². The van der Waals surface area contributed by atoms with Gasteiger partial charge in [-0.2, -0.15) is 33.2 Å². The van der Waals surface area contributed by atoms with E-state index in [0.29, 0.717) is 22.6 Å². The maximum absolute atomic E-state index is 9.98. The molecule has 4 N–H and O–H groups in total. The highest BCUT2D eigenvalue weighted by molar-refractivity contribution is 7.08. The first-order valence-corrected chi connectivity index (χ1v) is 12.3. The smallest absolute Gasteiger partial charge is 0.205 e. The van der Waals surface area contributed by atoms with Gasteiger partial charge in [0.25, 0.3) is 0 Å². The number of allylic oxidation sites excluding steroid dienone is 2. The van der Waals surface area contributed by atoms with Crippen molar-refractivity contribution in [3.8, 4) is 23.6 Å². The molecule has 0 amide bonds. The second-order valence-corrected chi connectivity index (χ2v) is 9.55. The summed E-state index contributed by atoms with van der Waals surface area (Å²) in [5.74, 6) is 0.103. The standard InChI is InChI=1S/C26H16N4O2S2/c27-9-17-19(13-5-7-33-11-13)21-15-3-1-2-4-16(15)22-20(14-6-8-34-12-14)18(10-28)26(30)32-24(22)23(21)31-25(17)29/h1-8,11-12,19-20H,29-30H2/t19-,20+. The molecular formula is C26H16N4O2S2. The monoisotopic (exact) mass is 480 g/mol. The summed E-state index contributed by atoms with van der Waals surface area (Å²) in [6.07, 6.45) is 0. The van der Waals surface area contributed by atoms with Gasteiger partial charge in [0.15, 0.2) is 11.5 Å². The van der Waals surface area contributed by atoms with Gasteiger partial charge in [0.1, 0.15) is 23.3 Å². The SMILES string of the molecule is N#CC1=C(N)Oc2c3c(c4ccccc4c2[C@H]1c1ccsc1)[C@H](c1ccsc1)C(C#N)=C(N)O3. The number of thiophene rings is 2. The molecule has 0 fully saturated rings. The van der Waals surface area contributed by atoms with Crippen LogP contribution < -0.4 is 20.9 Å². The molecule has 164 valence electrons. The summed E-state index contributed by atoms with van der Waals surface area (Å²) in [6.45, 7) is 0. The third kappa shape index (κ3) is 2.77. The van der Waals surface area contributed by atoms with Crippen molar-refractivity contribution in [2.75, 3.05) is 0 Å². The van der Waals surface area contributed by atoms with E-state index >= 15 is 0 Å². The van der Waals surface area contributed by atoms with Crippen LogP contribution in [-0.4, -0.2) is 0 Å². The average molecular weight is 481 g/mol. The van der Waals surface area contributed by atoms with E-state index in [0.717, 1.165) is 33.0 Å². The Bertz CT molecular complexity index is 1480. The van der Waals surface area contributed by atoms with Gasteiger partial charge in [-0.1, -0.05) is 24.3 Å². The van der Waals surface area contributed by atoms with Gasteiger partial charge in [-0.15, -0.1) is 0 Å².